The molecule has 0 saturated carbocycles. The van der Waals surface area contributed by atoms with E-state index >= 15 is 0 Å². The maximum atomic E-state index is 12.7. The monoisotopic (exact) mass is 376 g/mol. The summed E-state index contributed by atoms with van der Waals surface area (Å²) in [5.41, 5.74) is 0.833. The van der Waals surface area contributed by atoms with Crippen molar-refractivity contribution in [3.05, 3.63) is 17.5 Å². The molecule has 2 heterocycles. The Morgan fingerprint density at radius 3 is 2.38 bits per heavy atom. The molecule has 0 unspecified atom stereocenters. The molecule has 1 aromatic rings. The molecule has 1 amide bonds. The third-order valence-electron chi connectivity index (χ3n) is 4.19. The Morgan fingerprint density at radius 2 is 1.88 bits per heavy atom. The third kappa shape index (κ3) is 6.95. The number of aryl methyl sites for hydroxylation is 1. The minimum Gasteiger partial charge on any atom is -0.360 e. The lowest BCUT2D eigenvalue weighted by Gasteiger charge is -2.35. The average molecular weight is 376 g/mol. The second-order valence-electron chi connectivity index (χ2n) is 7.27. The van der Waals surface area contributed by atoms with Crippen molar-refractivity contribution in [3.8, 4) is 0 Å². The van der Waals surface area contributed by atoms with Crippen molar-refractivity contribution in [2.75, 3.05) is 45.8 Å². The number of piperazine rings is 1. The SMILES string of the molecule is Cc1cc(CN2CCN(CC(=O)N(CC(C)C)CC(F)(F)F)CC2)on1. The van der Waals surface area contributed by atoms with E-state index in [4.69, 9.17) is 4.52 Å². The first-order valence-electron chi connectivity index (χ1n) is 8.84. The van der Waals surface area contributed by atoms with Crippen LogP contribution in [0.5, 0.6) is 0 Å². The molecule has 9 heteroatoms. The van der Waals surface area contributed by atoms with Crippen LogP contribution in [0.4, 0.5) is 13.2 Å². The van der Waals surface area contributed by atoms with Crippen LogP contribution in [0, 0.1) is 12.8 Å². The zero-order valence-corrected chi connectivity index (χ0v) is 15.6. The van der Waals surface area contributed by atoms with Crippen molar-refractivity contribution < 1.29 is 22.5 Å². The summed E-state index contributed by atoms with van der Waals surface area (Å²) in [6.07, 6.45) is -4.38. The van der Waals surface area contributed by atoms with Crippen molar-refractivity contribution >= 4 is 5.91 Å². The van der Waals surface area contributed by atoms with Crippen molar-refractivity contribution in [3.63, 3.8) is 0 Å². The van der Waals surface area contributed by atoms with Gasteiger partial charge in [0.15, 0.2) is 5.76 Å². The summed E-state index contributed by atoms with van der Waals surface area (Å²) in [6.45, 7) is 7.82. The van der Waals surface area contributed by atoms with Crippen LogP contribution in [0.1, 0.15) is 25.3 Å². The summed E-state index contributed by atoms with van der Waals surface area (Å²) < 4.78 is 43.4. The molecule has 0 N–H and O–H groups in total. The lowest BCUT2D eigenvalue weighted by Crippen LogP contribution is -2.51. The van der Waals surface area contributed by atoms with Gasteiger partial charge in [0, 0.05) is 38.8 Å². The third-order valence-corrected chi connectivity index (χ3v) is 4.19. The summed E-state index contributed by atoms with van der Waals surface area (Å²) in [5, 5.41) is 3.85. The zero-order chi connectivity index (χ0) is 19.3. The molecular weight excluding hydrogens is 349 g/mol. The lowest BCUT2D eigenvalue weighted by atomic mass is 10.2. The van der Waals surface area contributed by atoms with Crippen LogP contribution in [0.2, 0.25) is 0 Å². The summed E-state index contributed by atoms with van der Waals surface area (Å²) in [4.78, 5) is 17.4. The van der Waals surface area contributed by atoms with Gasteiger partial charge in [0.2, 0.25) is 5.91 Å². The summed E-state index contributed by atoms with van der Waals surface area (Å²) in [7, 11) is 0. The summed E-state index contributed by atoms with van der Waals surface area (Å²) in [5.74, 6) is 0.319. The maximum Gasteiger partial charge on any atom is 0.406 e. The number of amides is 1. The molecule has 1 aromatic heterocycles. The second kappa shape index (κ2) is 8.85. The standard InChI is InChI=1S/C17H27F3N4O2/c1-13(2)9-24(12-17(18,19)20)16(25)11-23-6-4-22(5-7-23)10-15-8-14(3)21-26-15/h8,13H,4-7,9-12H2,1-3H3. The van der Waals surface area contributed by atoms with Crippen LogP contribution in [0.25, 0.3) is 0 Å². The molecule has 1 aliphatic heterocycles. The fourth-order valence-electron chi connectivity index (χ4n) is 3.02. The van der Waals surface area contributed by atoms with Gasteiger partial charge in [0.25, 0.3) is 0 Å². The van der Waals surface area contributed by atoms with E-state index in [0.717, 1.165) is 29.4 Å². The van der Waals surface area contributed by atoms with E-state index in [1.807, 2.05) is 17.9 Å². The molecule has 0 atom stereocenters. The highest BCUT2D eigenvalue weighted by Crippen LogP contribution is 2.18. The average Bonchev–Trinajstić information content (AvgIpc) is 2.92. The minimum atomic E-state index is -4.38. The fraction of sp³-hybridized carbons (Fsp3) is 0.765. The highest BCUT2D eigenvalue weighted by Gasteiger charge is 2.34. The smallest absolute Gasteiger partial charge is 0.360 e. The van der Waals surface area contributed by atoms with Gasteiger partial charge in [-0.25, -0.2) is 0 Å². The number of carbonyl (C=O) groups excluding carboxylic acids is 1. The molecule has 0 radical (unpaired) electrons. The van der Waals surface area contributed by atoms with Gasteiger partial charge < -0.3 is 9.42 Å². The molecule has 1 aliphatic rings. The Balaban J connectivity index is 1.81. The van der Waals surface area contributed by atoms with Crippen LogP contribution in [-0.4, -0.2) is 77.8 Å². The van der Waals surface area contributed by atoms with Crippen LogP contribution in [0.15, 0.2) is 10.6 Å². The molecule has 6 nitrogen and oxygen atoms in total. The predicted molar refractivity (Wildman–Crippen MR) is 90.4 cm³/mol. The topological polar surface area (TPSA) is 52.8 Å². The molecule has 0 aliphatic carbocycles. The molecule has 26 heavy (non-hydrogen) atoms. The van der Waals surface area contributed by atoms with E-state index in [0.29, 0.717) is 19.6 Å². The molecule has 1 fully saturated rings. The Labute approximate surface area is 151 Å². The van der Waals surface area contributed by atoms with E-state index in [1.54, 1.807) is 13.8 Å². The Kier molecular flexibility index (Phi) is 7.05. The Hall–Kier alpha value is -1.61. The molecule has 1 saturated heterocycles. The van der Waals surface area contributed by atoms with Crippen LogP contribution in [-0.2, 0) is 11.3 Å². The van der Waals surface area contributed by atoms with Gasteiger partial charge in [0.05, 0.1) is 18.8 Å². The zero-order valence-electron chi connectivity index (χ0n) is 15.6. The van der Waals surface area contributed by atoms with Gasteiger partial charge in [-0.05, 0) is 12.8 Å². The molecule has 2 rings (SSSR count). The minimum absolute atomic E-state index is 0.0106. The number of alkyl halides is 3. The van der Waals surface area contributed by atoms with Crippen molar-refractivity contribution in [1.29, 1.82) is 0 Å². The van der Waals surface area contributed by atoms with E-state index in [-0.39, 0.29) is 19.0 Å². The Morgan fingerprint density at radius 1 is 1.27 bits per heavy atom. The summed E-state index contributed by atoms with van der Waals surface area (Å²) >= 11 is 0. The highest BCUT2D eigenvalue weighted by molar-refractivity contribution is 5.78. The van der Waals surface area contributed by atoms with Gasteiger partial charge in [-0.15, -0.1) is 0 Å². The van der Waals surface area contributed by atoms with Crippen LogP contribution < -0.4 is 0 Å². The van der Waals surface area contributed by atoms with Gasteiger partial charge in [0.1, 0.15) is 6.54 Å². The molecule has 0 aromatic carbocycles. The largest absolute Gasteiger partial charge is 0.406 e. The molecular formula is C17H27F3N4O2. The molecule has 0 spiro atoms. The number of nitrogens with zero attached hydrogens (tertiary/aromatic N) is 4. The second-order valence-corrected chi connectivity index (χ2v) is 7.27. The number of aromatic nitrogens is 1. The van der Waals surface area contributed by atoms with Gasteiger partial charge in [-0.1, -0.05) is 19.0 Å². The van der Waals surface area contributed by atoms with Crippen LogP contribution >= 0.6 is 0 Å². The normalized spacial score (nSPS) is 17.0. The number of halogens is 3. The van der Waals surface area contributed by atoms with Crippen LogP contribution in [0.3, 0.4) is 0 Å². The lowest BCUT2D eigenvalue weighted by molar-refractivity contribution is -0.163. The first-order chi connectivity index (χ1) is 12.1. The fourth-order valence-corrected chi connectivity index (χ4v) is 3.02. The predicted octanol–water partition coefficient (Wildman–Crippen LogP) is 2.15. The van der Waals surface area contributed by atoms with Gasteiger partial charge in [-0.3, -0.25) is 14.6 Å². The van der Waals surface area contributed by atoms with Gasteiger partial charge >= 0.3 is 6.18 Å². The number of hydrogen-bond acceptors (Lipinski definition) is 5. The number of carbonyl (C=O) groups is 1. The Bertz CT molecular complexity index is 581. The first-order valence-corrected chi connectivity index (χ1v) is 8.84. The van der Waals surface area contributed by atoms with E-state index in [2.05, 4.69) is 10.1 Å². The van der Waals surface area contributed by atoms with Crippen molar-refractivity contribution in [2.24, 2.45) is 5.92 Å². The molecule has 148 valence electrons. The summed E-state index contributed by atoms with van der Waals surface area (Å²) in [6, 6.07) is 1.89. The van der Waals surface area contributed by atoms with E-state index < -0.39 is 18.6 Å². The first kappa shape index (κ1) is 20.7. The van der Waals surface area contributed by atoms with Gasteiger partial charge in [-0.2, -0.15) is 13.2 Å². The number of hydrogen-bond donors (Lipinski definition) is 0. The van der Waals surface area contributed by atoms with E-state index in [9.17, 15) is 18.0 Å². The number of rotatable bonds is 7. The van der Waals surface area contributed by atoms with Crippen molar-refractivity contribution in [1.82, 2.24) is 19.9 Å². The highest BCUT2D eigenvalue weighted by atomic mass is 19.4. The molecule has 0 bridgehead atoms. The maximum absolute atomic E-state index is 12.7. The van der Waals surface area contributed by atoms with E-state index in [1.165, 1.54) is 0 Å². The van der Waals surface area contributed by atoms with Crippen molar-refractivity contribution in [2.45, 2.75) is 33.5 Å². The quantitative estimate of drug-likeness (QED) is 0.730.